The van der Waals surface area contributed by atoms with E-state index < -0.39 is 0 Å². The van der Waals surface area contributed by atoms with Crippen LogP contribution >= 0.6 is 11.8 Å². The van der Waals surface area contributed by atoms with Crippen molar-refractivity contribution in [1.82, 2.24) is 24.6 Å². The number of rotatable bonds is 4. The first kappa shape index (κ1) is 15.8. The Morgan fingerprint density at radius 1 is 1.04 bits per heavy atom. The molecule has 1 aromatic carbocycles. The molecule has 6 nitrogen and oxygen atoms in total. The van der Waals surface area contributed by atoms with Crippen LogP contribution < -0.4 is 0 Å². The number of fused-ring (bicyclic) bond motifs is 1. The van der Waals surface area contributed by atoms with Crippen LogP contribution in [0.5, 0.6) is 0 Å². The Balaban J connectivity index is 1.56. The van der Waals surface area contributed by atoms with Crippen LogP contribution in [0.3, 0.4) is 0 Å². The van der Waals surface area contributed by atoms with Gasteiger partial charge in [0.25, 0.3) is 5.78 Å². The highest BCUT2D eigenvalue weighted by atomic mass is 32.2. The molecule has 0 saturated heterocycles. The Bertz CT molecular complexity index is 1040. The van der Waals surface area contributed by atoms with Crippen molar-refractivity contribution in [3.05, 3.63) is 59.2 Å². The predicted molar refractivity (Wildman–Crippen MR) is 96.5 cm³/mol. The molecule has 0 amide bonds. The Hall–Kier alpha value is -2.67. The van der Waals surface area contributed by atoms with E-state index >= 15 is 0 Å². The highest BCUT2D eigenvalue weighted by molar-refractivity contribution is 7.98. The molecule has 0 radical (unpaired) electrons. The van der Waals surface area contributed by atoms with E-state index in [4.69, 9.17) is 4.42 Å². The van der Waals surface area contributed by atoms with E-state index in [1.807, 2.05) is 57.2 Å². The summed E-state index contributed by atoms with van der Waals surface area (Å²) in [6.45, 7) is 5.89. The van der Waals surface area contributed by atoms with Crippen molar-refractivity contribution in [2.45, 2.75) is 31.7 Å². The summed E-state index contributed by atoms with van der Waals surface area (Å²) in [5, 5.41) is 5.20. The van der Waals surface area contributed by atoms with E-state index in [0.717, 1.165) is 28.4 Å². The average molecular weight is 351 g/mol. The molecule has 0 aliphatic carbocycles. The van der Waals surface area contributed by atoms with Gasteiger partial charge in [0.15, 0.2) is 0 Å². The third-order valence-corrected chi connectivity index (χ3v) is 4.70. The van der Waals surface area contributed by atoms with Crippen LogP contribution in [0.4, 0.5) is 0 Å². The highest BCUT2D eigenvalue weighted by Crippen LogP contribution is 2.26. The molecule has 4 aromatic rings. The van der Waals surface area contributed by atoms with Crippen molar-refractivity contribution >= 4 is 17.5 Å². The van der Waals surface area contributed by atoms with Crippen LogP contribution in [-0.4, -0.2) is 24.6 Å². The highest BCUT2D eigenvalue weighted by Gasteiger charge is 2.14. The first-order chi connectivity index (χ1) is 12.1. The molecule has 0 saturated carbocycles. The van der Waals surface area contributed by atoms with Gasteiger partial charge in [0, 0.05) is 22.7 Å². The lowest BCUT2D eigenvalue weighted by atomic mass is 10.2. The molecule has 0 N–H and O–H groups in total. The molecule has 0 aliphatic rings. The number of aromatic nitrogens is 5. The second-order valence-corrected chi connectivity index (χ2v) is 6.76. The second-order valence-electron chi connectivity index (χ2n) is 5.82. The standard InChI is InChI=1S/C18H17N5OS/c1-11-9-12(2)23-17(19-11)21-18(22-23)25-10-15-13(3)24-16(20-15)14-7-5-4-6-8-14/h4-9H,10H2,1-3H3. The van der Waals surface area contributed by atoms with E-state index in [-0.39, 0.29) is 0 Å². The summed E-state index contributed by atoms with van der Waals surface area (Å²) in [5.41, 5.74) is 3.84. The Morgan fingerprint density at radius 2 is 1.84 bits per heavy atom. The Kier molecular flexibility index (Phi) is 4.01. The summed E-state index contributed by atoms with van der Waals surface area (Å²) in [7, 11) is 0. The van der Waals surface area contributed by atoms with Crippen molar-refractivity contribution in [2.75, 3.05) is 0 Å². The lowest BCUT2D eigenvalue weighted by Gasteiger charge is -1.97. The Morgan fingerprint density at radius 3 is 2.64 bits per heavy atom. The molecule has 4 rings (SSSR count). The van der Waals surface area contributed by atoms with Crippen molar-refractivity contribution in [2.24, 2.45) is 0 Å². The SMILES string of the molecule is Cc1cc(C)n2nc(SCc3nc(-c4ccccc4)oc3C)nc2n1. The fraction of sp³-hybridized carbons (Fsp3) is 0.222. The summed E-state index contributed by atoms with van der Waals surface area (Å²) < 4.78 is 7.56. The molecule has 25 heavy (non-hydrogen) atoms. The van der Waals surface area contributed by atoms with Crippen LogP contribution in [-0.2, 0) is 5.75 Å². The van der Waals surface area contributed by atoms with Crippen molar-refractivity contribution in [1.29, 1.82) is 0 Å². The van der Waals surface area contributed by atoms with Crippen LogP contribution in [0.25, 0.3) is 17.2 Å². The summed E-state index contributed by atoms with van der Waals surface area (Å²) in [6, 6.07) is 11.9. The molecule has 0 atom stereocenters. The van der Waals surface area contributed by atoms with Gasteiger partial charge in [-0.25, -0.2) is 14.5 Å². The number of oxazole rings is 1. The summed E-state index contributed by atoms with van der Waals surface area (Å²) in [6.07, 6.45) is 0. The number of hydrogen-bond acceptors (Lipinski definition) is 6. The maximum atomic E-state index is 5.80. The molecule has 0 unspecified atom stereocenters. The molecular weight excluding hydrogens is 334 g/mol. The minimum absolute atomic E-state index is 0.627. The normalized spacial score (nSPS) is 11.3. The van der Waals surface area contributed by atoms with Crippen LogP contribution in [0.1, 0.15) is 22.8 Å². The van der Waals surface area contributed by atoms with Crippen LogP contribution in [0.15, 0.2) is 46.0 Å². The monoisotopic (exact) mass is 351 g/mol. The largest absolute Gasteiger partial charge is 0.441 e. The minimum atomic E-state index is 0.627. The van der Waals surface area contributed by atoms with E-state index in [1.54, 1.807) is 4.52 Å². The van der Waals surface area contributed by atoms with Gasteiger partial charge in [-0.3, -0.25) is 0 Å². The number of aryl methyl sites for hydroxylation is 3. The Labute approximate surface area is 149 Å². The summed E-state index contributed by atoms with van der Waals surface area (Å²) in [5.74, 6) is 2.74. The van der Waals surface area contributed by atoms with E-state index in [1.165, 1.54) is 11.8 Å². The second kappa shape index (κ2) is 6.33. The average Bonchev–Trinajstić information content (AvgIpc) is 3.17. The molecule has 0 aliphatic heterocycles. The lowest BCUT2D eigenvalue weighted by Crippen LogP contribution is -1.97. The van der Waals surface area contributed by atoms with Crippen molar-refractivity contribution < 1.29 is 4.42 Å². The van der Waals surface area contributed by atoms with Gasteiger partial charge in [-0.2, -0.15) is 4.98 Å². The van der Waals surface area contributed by atoms with Crippen LogP contribution in [0.2, 0.25) is 0 Å². The molecule has 0 fully saturated rings. The zero-order valence-corrected chi connectivity index (χ0v) is 15.0. The van der Waals surface area contributed by atoms with Crippen LogP contribution in [0, 0.1) is 20.8 Å². The molecule has 126 valence electrons. The van der Waals surface area contributed by atoms with E-state index in [0.29, 0.717) is 22.6 Å². The fourth-order valence-corrected chi connectivity index (χ4v) is 3.43. The van der Waals surface area contributed by atoms with E-state index in [9.17, 15) is 0 Å². The van der Waals surface area contributed by atoms with Gasteiger partial charge in [-0.05, 0) is 39.0 Å². The molecule has 0 bridgehead atoms. The third kappa shape index (κ3) is 3.15. The maximum Gasteiger partial charge on any atom is 0.253 e. The van der Waals surface area contributed by atoms with E-state index in [2.05, 4.69) is 20.1 Å². The zero-order chi connectivity index (χ0) is 17.4. The maximum absolute atomic E-state index is 5.80. The van der Waals surface area contributed by atoms with Gasteiger partial charge in [0.2, 0.25) is 11.0 Å². The zero-order valence-electron chi connectivity index (χ0n) is 14.2. The van der Waals surface area contributed by atoms with Gasteiger partial charge in [-0.15, -0.1) is 5.10 Å². The summed E-state index contributed by atoms with van der Waals surface area (Å²) in [4.78, 5) is 13.5. The van der Waals surface area contributed by atoms with Gasteiger partial charge in [-0.1, -0.05) is 30.0 Å². The molecule has 7 heteroatoms. The van der Waals surface area contributed by atoms with Crippen molar-refractivity contribution in [3.63, 3.8) is 0 Å². The first-order valence-electron chi connectivity index (χ1n) is 7.96. The fourth-order valence-electron chi connectivity index (χ4n) is 2.61. The molecule has 0 spiro atoms. The number of hydrogen-bond donors (Lipinski definition) is 0. The predicted octanol–water partition coefficient (Wildman–Crippen LogP) is 4.00. The number of nitrogens with zero attached hydrogens (tertiary/aromatic N) is 5. The lowest BCUT2D eigenvalue weighted by molar-refractivity contribution is 0.540. The number of thioether (sulfide) groups is 1. The topological polar surface area (TPSA) is 69.1 Å². The summed E-state index contributed by atoms with van der Waals surface area (Å²) >= 11 is 1.53. The van der Waals surface area contributed by atoms with Gasteiger partial charge >= 0.3 is 0 Å². The van der Waals surface area contributed by atoms with Gasteiger partial charge in [0.1, 0.15) is 5.76 Å². The number of benzene rings is 1. The minimum Gasteiger partial charge on any atom is -0.441 e. The third-order valence-electron chi connectivity index (χ3n) is 3.85. The quantitative estimate of drug-likeness (QED) is 0.518. The van der Waals surface area contributed by atoms with Gasteiger partial charge < -0.3 is 4.42 Å². The van der Waals surface area contributed by atoms with Crippen molar-refractivity contribution in [3.8, 4) is 11.5 Å². The van der Waals surface area contributed by atoms with Gasteiger partial charge in [0.05, 0.1) is 5.69 Å². The molecular formula is C18H17N5OS. The smallest absolute Gasteiger partial charge is 0.253 e. The molecule has 3 heterocycles. The molecule has 3 aromatic heterocycles. The first-order valence-corrected chi connectivity index (χ1v) is 8.94.